The Bertz CT molecular complexity index is 458. The Hall–Kier alpha value is -1.75. The highest BCUT2D eigenvalue weighted by atomic mass is 16.5. The molecule has 5 heteroatoms. The maximum absolute atomic E-state index is 5.92. The highest BCUT2D eigenvalue weighted by Crippen LogP contribution is 2.24. The van der Waals surface area contributed by atoms with Gasteiger partial charge in [0.15, 0.2) is 5.96 Å². The minimum Gasteiger partial charge on any atom is -0.497 e. The number of guanidine groups is 1. The Morgan fingerprint density at radius 3 is 2.64 bits per heavy atom. The molecular formula is C17H30N4O. The van der Waals surface area contributed by atoms with E-state index >= 15 is 0 Å². The summed E-state index contributed by atoms with van der Waals surface area (Å²) in [5.41, 5.74) is 7.12. The van der Waals surface area contributed by atoms with Gasteiger partial charge < -0.3 is 15.8 Å². The maximum Gasteiger partial charge on any atom is 0.188 e. The van der Waals surface area contributed by atoms with Gasteiger partial charge in [0.25, 0.3) is 0 Å². The van der Waals surface area contributed by atoms with E-state index in [1.807, 2.05) is 12.1 Å². The fourth-order valence-corrected chi connectivity index (χ4v) is 2.44. The Morgan fingerprint density at radius 1 is 1.32 bits per heavy atom. The van der Waals surface area contributed by atoms with Crippen molar-refractivity contribution in [2.75, 3.05) is 33.3 Å². The average Bonchev–Trinajstić information content (AvgIpc) is 2.56. The van der Waals surface area contributed by atoms with Crippen LogP contribution in [0, 0.1) is 0 Å². The van der Waals surface area contributed by atoms with Crippen molar-refractivity contribution in [3.8, 4) is 5.75 Å². The van der Waals surface area contributed by atoms with E-state index in [0.29, 0.717) is 12.5 Å². The van der Waals surface area contributed by atoms with Gasteiger partial charge in [0, 0.05) is 6.54 Å². The summed E-state index contributed by atoms with van der Waals surface area (Å²) in [7, 11) is 1.69. The maximum atomic E-state index is 5.92. The quantitative estimate of drug-likeness (QED) is 0.543. The molecule has 3 N–H and O–H groups in total. The molecule has 1 atom stereocenters. The number of nitrogens with one attached hydrogen (secondary N) is 1. The van der Waals surface area contributed by atoms with E-state index in [4.69, 9.17) is 10.5 Å². The molecule has 0 fully saturated rings. The third kappa shape index (κ3) is 5.56. The molecule has 0 amide bonds. The first kappa shape index (κ1) is 18.3. The van der Waals surface area contributed by atoms with Crippen LogP contribution in [-0.2, 0) is 0 Å². The van der Waals surface area contributed by atoms with E-state index in [1.165, 1.54) is 5.56 Å². The van der Waals surface area contributed by atoms with E-state index in [0.717, 1.165) is 31.8 Å². The fraction of sp³-hybridized carbons (Fsp3) is 0.588. The lowest BCUT2D eigenvalue weighted by Crippen LogP contribution is -2.35. The minimum atomic E-state index is 0.201. The van der Waals surface area contributed by atoms with Crippen molar-refractivity contribution in [1.82, 2.24) is 10.2 Å². The third-order valence-electron chi connectivity index (χ3n) is 3.72. The zero-order valence-corrected chi connectivity index (χ0v) is 14.3. The molecule has 1 rings (SSSR count). The summed E-state index contributed by atoms with van der Waals surface area (Å²) < 4.78 is 5.34. The number of likely N-dealkylation sites (N-methyl/N-ethyl adjacent to an activating group) is 1. The van der Waals surface area contributed by atoms with Crippen molar-refractivity contribution in [3.63, 3.8) is 0 Å². The molecule has 0 heterocycles. The van der Waals surface area contributed by atoms with Gasteiger partial charge >= 0.3 is 0 Å². The molecule has 1 aromatic rings. The summed E-state index contributed by atoms with van der Waals surface area (Å²) in [5, 5.41) is 3.12. The number of ether oxygens (including phenoxy) is 1. The number of nitrogens with zero attached hydrogens (tertiary/aromatic N) is 2. The molecule has 0 saturated heterocycles. The van der Waals surface area contributed by atoms with Crippen molar-refractivity contribution in [2.24, 2.45) is 10.7 Å². The van der Waals surface area contributed by atoms with Gasteiger partial charge in [-0.3, -0.25) is 9.89 Å². The van der Waals surface area contributed by atoms with Gasteiger partial charge in [-0.15, -0.1) is 0 Å². The largest absolute Gasteiger partial charge is 0.497 e. The highest BCUT2D eigenvalue weighted by molar-refractivity contribution is 5.77. The van der Waals surface area contributed by atoms with Crippen LogP contribution in [-0.4, -0.2) is 44.1 Å². The van der Waals surface area contributed by atoms with Crippen molar-refractivity contribution in [3.05, 3.63) is 29.8 Å². The number of aliphatic imine (C=N–C) groups is 1. The second-order valence-corrected chi connectivity index (χ2v) is 5.17. The van der Waals surface area contributed by atoms with Crippen molar-refractivity contribution < 1.29 is 4.74 Å². The summed E-state index contributed by atoms with van der Waals surface area (Å²) in [4.78, 5) is 6.89. The van der Waals surface area contributed by atoms with Crippen molar-refractivity contribution in [1.29, 1.82) is 0 Å². The molecule has 0 aliphatic heterocycles. The van der Waals surface area contributed by atoms with Crippen molar-refractivity contribution >= 4 is 5.96 Å². The molecule has 1 aromatic carbocycles. The van der Waals surface area contributed by atoms with Gasteiger partial charge in [-0.05, 0) is 37.2 Å². The van der Waals surface area contributed by atoms with Crippen LogP contribution in [0.25, 0.3) is 0 Å². The van der Waals surface area contributed by atoms with Crippen LogP contribution in [0.5, 0.6) is 5.75 Å². The number of rotatable bonds is 9. The SMILES string of the molecule is CCCNC(N)=NCC(c1cccc(OC)c1)N(CC)CC. The molecule has 0 aromatic heterocycles. The molecule has 0 spiro atoms. The van der Waals surface area contributed by atoms with Gasteiger partial charge in [-0.1, -0.05) is 32.9 Å². The molecule has 124 valence electrons. The molecule has 1 unspecified atom stereocenters. The van der Waals surface area contributed by atoms with E-state index in [1.54, 1.807) is 7.11 Å². The number of nitrogens with two attached hydrogens (primary N) is 1. The van der Waals surface area contributed by atoms with Crippen LogP contribution in [0.3, 0.4) is 0 Å². The molecular weight excluding hydrogens is 276 g/mol. The fourth-order valence-electron chi connectivity index (χ4n) is 2.44. The van der Waals surface area contributed by atoms with E-state index < -0.39 is 0 Å². The summed E-state index contributed by atoms with van der Waals surface area (Å²) in [5.74, 6) is 1.39. The second-order valence-electron chi connectivity index (χ2n) is 5.17. The molecule has 0 radical (unpaired) electrons. The number of hydrogen-bond acceptors (Lipinski definition) is 3. The van der Waals surface area contributed by atoms with Crippen LogP contribution in [0.1, 0.15) is 38.8 Å². The van der Waals surface area contributed by atoms with E-state index in [-0.39, 0.29) is 6.04 Å². The summed E-state index contributed by atoms with van der Waals surface area (Å²) in [6, 6.07) is 8.38. The van der Waals surface area contributed by atoms with Crippen molar-refractivity contribution in [2.45, 2.75) is 33.2 Å². The molecule has 0 aliphatic rings. The Kier molecular flexibility index (Phi) is 8.36. The summed E-state index contributed by atoms with van der Waals surface area (Å²) in [6.45, 7) is 9.86. The van der Waals surface area contributed by atoms with Gasteiger partial charge in [0.1, 0.15) is 5.75 Å². The molecule has 0 bridgehead atoms. The monoisotopic (exact) mass is 306 g/mol. The first-order valence-electron chi connectivity index (χ1n) is 8.07. The van der Waals surface area contributed by atoms with Gasteiger partial charge in [-0.2, -0.15) is 0 Å². The Balaban J connectivity index is 2.92. The molecule has 0 aliphatic carbocycles. The predicted octanol–water partition coefficient (Wildman–Crippen LogP) is 2.39. The van der Waals surface area contributed by atoms with Gasteiger partial charge in [0.05, 0.1) is 19.7 Å². The number of methoxy groups -OCH3 is 1. The second kappa shape index (κ2) is 10.1. The zero-order valence-electron chi connectivity index (χ0n) is 14.3. The first-order chi connectivity index (χ1) is 10.7. The zero-order chi connectivity index (χ0) is 16.4. The minimum absolute atomic E-state index is 0.201. The first-order valence-corrected chi connectivity index (χ1v) is 8.07. The van der Waals surface area contributed by atoms with E-state index in [2.05, 4.69) is 48.1 Å². The van der Waals surface area contributed by atoms with Crippen LogP contribution >= 0.6 is 0 Å². The predicted molar refractivity (Wildman–Crippen MR) is 93.4 cm³/mol. The third-order valence-corrected chi connectivity index (χ3v) is 3.72. The normalized spacial score (nSPS) is 13.2. The van der Waals surface area contributed by atoms with Crippen LogP contribution in [0.2, 0.25) is 0 Å². The van der Waals surface area contributed by atoms with Crippen LogP contribution in [0.4, 0.5) is 0 Å². The lowest BCUT2D eigenvalue weighted by molar-refractivity contribution is 0.224. The summed E-state index contributed by atoms with van der Waals surface area (Å²) >= 11 is 0. The number of hydrogen-bond donors (Lipinski definition) is 2. The smallest absolute Gasteiger partial charge is 0.188 e. The Labute approximate surface area is 134 Å². The lowest BCUT2D eigenvalue weighted by atomic mass is 10.0. The molecule has 0 saturated carbocycles. The standard InChI is InChI=1S/C17H30N4O/c1-5-11-19-17(18)20-13-16(21(6-2)7-3)14-9-8-10-15(12-14)22-4/h8-10,12,16H,5-7,11,13H2,1-4H3,(H3,18,19,20). The van der Waals surface area contributed by atoms with Gasteiger partial charge in [-0.25, -0.2) is 0 Å². The van der Waals surface area contributed by atoms with Crippen LogP contribution in [0.15, 0.2) is 29.3 Å². The average molecular weight is 306 g/mol. The highest BCUT2D eigenvalue weighted by Gasteiger charge is 2.18. The summed E-state index contributed by atoms with van der Waals surface area (Å²) in [6.07, 6.45) is 1.03. The lowest BCUT2D eigenvalue weighted by Gasteiger charge is -2.29. The topological polar surface area (TPSA) is 62.9 Å². The van der Waals surface area contributed by atoms with Gasteiger partial charge in [0.2, 0.25) is 0 Å². The van der Waals surface area contributed by atoms with E-state index in [9.17, 15) is 0 Å². The molecule has 5 nitrogen and oxygen atoms in total. The number of benzene rings is 1. The van der Waals surface area contributed by atoms with Crippen LogP contribution < -0.4 is 15.8 Å². The molecule has 22 heavy (non-hydrogen) atoms. The Morgan fingerprint density at radius 2 is 2.05 bits per heavy atom.